The molecule has 0 atom stereocenters. The number of halogens is 1. The van der Waals surface area contributed by atoms with Crippen molar-refractivity contribution < 1.29 is 26.4 Å². The molecular formula is C23H30ClN3O6S2. The number of hydrogen-bond acceptors (Lipinski definition) is 6. The summed E-state index contributed by atoms with van der Waals surface area (Å²) in [7, 11) is -5.89. The Morgan fingerprint density at radius 2 is 1.80 bits per heavy atom. The third-order valence-electron chi connectivity index (χ3n) is 5.59. The van der Waals surface area contributed by atoms with Crippen molar-refractivity contribution in [3.63, 3.8) is 0 Å². The summed E-state index contributed by atoms with van der Waals surface area (Å²) in [5.74, 6) is -0.580. The highest BCUT2D eigenvalue weighted by molar-refractivity contribution is 7.89. The van der Waals surface area contributed by atoms with Gasteiger partial charge in [-0.1, -0.05) is 23.7 Å². The Labute approximate surface area is 211 Å². The van der Waals surface area contributed by atoms with Crippen molar-refractivity contribution in [2.45, 2.75) is 43.4 Å². The quantitative estimate of drug-likeness (QED) is 0.501. The van der Waals surface area contributed by atoms with Crippen LogP contribution in [0.3, 0.4) is 0 Å². The number of hydrogen-bond donors (Lipinski definition) is 2. The van der Waals surface area contributed by atoms with Crippen molar-refractivity contribution in [2.75, 3.05) is 25.5 Å². The summed E-state index contributed by atoms with van der Waals surface area (Å²) in [5, 5.41) is 3.23. The number of ether oxygens (including phenoxy) is 1. The van der Waals surface area contributed by atoms with Gasteiger partial charge in [0, 0.05) is 30.1 Å². The highest BCUT2D eigenvalue weighted by atomic mass is 35.5. The van der Waals surface area contributed by atoms with Crippen LogP contribution in [0.1, 0.15) is 32.3 Å². The van der Waals surface area contributed by atoms with E-state index in [0.29, 0.717) is 29.2 Å². The summed E-state index contributed by atoms with van der Waals surface area (Å²) in [6.45, 7) is 3.85. The van der Waals surface area contributed by atoms with Crippen molar-refractivity contribution in [2.24, 2.45) is 5.92 Å². The Bertz CT molecular complexity index is 1270. The van der Waals surface area contributed by atoms with E-state index in [4.69, 9.17) is 16.3 Å². The van der Waals surface area contributed by atoms with Gasteiger partial charge >= 0.3 is 0 Å². The molecule has 35 heavy (non-hydrogen) atoms. The molecule has 0 bridgehead atoms. The Morgan fingerprint density at radius 1 is 1.11 bits per heavy atom. The van der Waals surface area contributed by atoms with E-state index in [0.717, 1.165) is 0 Å². The number of piperidine rings is 1. The fourth-order valence-electron chi connectivity index (χ4n) is 3.89. The molecule has 0 radical (unpaired) electrons. The average Bonchev–Trinajstić information content (AvgIpc) is 2.78. The van der Waals surface area contributed by atoms with E-state index in [1.165, 1.54) is 29.6 Å². The molecule has 2 aromatic rings. The molecule has 1 amide bonds. The lowest BCUT2D eigenvalue weighted by Gasteiger charge is -2.30. The molecule has 12 heteroatoms. The Kier molecular flexibility index (Phi) is 8.81. The van der Waals surface area contributed by atoms with Gasteiger partial charge in [-0.25, -0.2) is 25.9 Å². The van der Waals surface area contributed by atoms with Gasteiger partial charge in [0.05, 0.1) is 23.4 Å². The maximum Gasteiger partial charge on any atom is 0.240 e. The van der Waals surface area contributed by atoms with Crippen molar-refractivity contribution in [3.8, 4) is 5.75 Å². The molecule has 1 heterocycles. The van der Waals surface area contributed by atoms with E-state index in [1.54, 1.807) is 38.1 Å². The Balaban J connectivity index is 1.66. The molecule has 1 fully saturated rings. The highest BCUT2D eigenvalue weighted by Gasteiger charge is 2.31. The van der Waals surface area contributed by atoms with Crippen LogP contribution < -0.4 is 14.8 Å². The van der Waals surface area contributed by atoms with Gasteiger partial charge in [0.15, 0.2) is 0 Å². The number of carbonyl (C=O) groups excluding carboxylic acids is 1. The Morgan fingerprint density at radius 3 is 2.40 bits per heavy atom. The first-order valence-electron chi connectivity index (χ1n) is 11.1. The van der Waals surface area contributed by atoms with E-state index in [9.17, 15) is 21.6 Å². The van der Waals surface area contributed by atoms with Crippen LogP contribution in [0.2, 0.25) is 5.02 Å². The first kappa shape index (κ1) is 27.4. The molecular weight excluding hydrogens is 514 g/mol. The standard InChI is InChI=1S/C23H30ClN3O6S2/c1-16(2)26-35(31,32)20-7-8-22(33-3)21(14-20)25-23(28)18-9-11-27(12-10-18)34(29,30)15-17-5-4-6-19(24)13-17/h4-8,13-14,16,18,26H,9-12,15H2,1-3H3,(H,25,28). The summed E-state index contributed by atoms with van der Waals surface area (Å²) in [6, 6.07) is 10.7. The number of methoxy groups -OCH3 is 1. The number of nitrogens with zero attached hydrogens (tertiary/aromatic N) is 1. The predicted molar refractivity (Wildman–Crippen MR) is 135 cm³/mol. The van der Waals surface area contributed by atoms with Crippen LogP contribution in [0, 0.1) is 5.92 Å². The van der Waals surface area contributed by atoms with Gasteiger partial charge in [0.1, 0.15) is 5.75 Å². The number of benzene rings is 2. The van der Waals surface area contributed by atoms with Crippen molar-refractivity contribution >= 4 is 43.2 Å². The van der Waals surface area contributed by atoms with Gasteiger partial charge in [-0.05, 0) is 62.6 Å². The second-order valence-electron chi connectivity index (χ2n) is 8.69. The summed E-state index contributed by atoms with van der Waals surface area (Å²) in [4.78, 5) is 12.9. The number of carbonyl (C=O) groups is 1. The Hall–Kier alpha value is -2.18. The van der Waals surface area contributed by atoms with Crippen LogP contribution in [0.5, 0.6) is 5.75 Å². The maximum absolute atomic E-state index is 12.9. The van der Waals surface area contributed by atoms with Gasteiger partial charge in [-0.3, -0.25) is 4.79 Å². The summed E-state index contributed by atoms with van der Waals surface area (Å²) < 4.78 is 59.9. The lowest BCUT2D eigenvalue weighted by molar-refractivity contribution is -0.120. The van der Waals surface area contributed by atoms with Gasteiger partial charge in [-0.2, -0.15) is 0 Å². The molecule has 3 rings (SSSR count). The van der Waals surface area contributed by atoms with Gasteiger partial charge in [-0.15, -0.1) is 0 Å². The molecule has 0 aromatic heterocycles. The van der Waals surface area contributed by atoms with Crippen molar-refractivity contribution in [1.29, 1.82) is 0 Å². The smallest absolute Gasteiger partial charge is 0.240 e. The third-order valence-corrected chi connectivity index (χ3v) is 9.33. The van der Waals surface area contributed by atoms with Gasteiger partial charge < -0.3 is 10.1 Å². The van der Waals surface area contributed by atoms with Crippen molar-refractivity contribution in [1.82, 2.24) is 9.03 Å². The van der Waals surface area contributed by atoms with Crippen molar-refractivity contribution in [3.05, 3.63) is 53.1 Å². The predicted octanol–water partition coefficient (Wildman–Crippen LogP) is 3.22. The van der Waals surface area contributed by atoms with E-state index in [-0.39, 0.29) is 41.4 Å². The van der Waals surface area contributed by atoms with Gasteiger partial charge in [0.25, 0.3) is 0 Å². The summed E-state index contributed by atoms with van der Waals surface area (Å²) in [5.41, 5.74) is 0.839. The minimum Gasteiger partial charge on any atom is -0.495 e. The monoisotopic (exact) mass is 543 g/mol. The molecule has 0 unspecified atom stereocenters. The molecule has 2 aromatic carbocycles. The molecule has 0 spiro atoms. The summed E-state index contributed by atoms with van der Waals surface area (Å²) >= 11 is 5.96. The fourth-order valence-corrected chi connectivity index (χ4v) is 6.93. The second-order valence-corrected chi connectivity index (χ2v) is 12.8. The van der Waals surface area contributed by atoms with Crippen LogP contribution in [-0.2, 0) is 30.6 Å². The zero-order valence-electron chi connectivity index (χ0n) is 19.8. The molecule has 1 aliphatic heterocycles. The molecule has 9 nitrogen and oxygen atoms in total. The SMILES string of the molecule is COc1ccc(S(=O)(=O)NC(C)C)cc1NC(=O)C1CCN(S(=O)(=O)Cc2cccc(Cl)c2)CC1. The lowest BCUT2D eigenvalue weighted by atomic mass is 9.97. The minimum atomic E-state index is -3.76. The fraction of sp³-hybridized carbons (Fsp3) is 0.435. The number of nitrogens with one attached hydrogen (secondary N) is 2. The third kappa shape index (κ3) is 7.17. The van der Waals surface area contributed by atoms with Crippen LogP contribution in [0.25, 0.3) is 0 Å². The molecule has 1 aliphatic rings. The van der Waals surface area contributed by atoms with Crippen LogP contribution >= 0.6 is 11.6 Å². The van der Waals surface area contributed by atoms with Crippen LogP contribution in [0.4, 0.5) is 5.69 Å². The van der Waals surface area contributed by atoms with E-state index < -0.39 is 26.0 Å². The van der Waals surface area contributed by atoms with E-state index in [2.05, 4.69) is 10.0 Å². The largest absolute Gasteiger partial charge is 0.495 e. The van der Waals surface area contributed by atoms with E-state index >= 15 is 0 Å². The number of rotatable bonds is 9. The summed E-state index contributed by atoms with van der Waals surface area (Å²) in [6.07, 6.45) is 0.686. The number of amides is 1. The lowest BCUT2D eigenvalue weighted by Crippen LogP contribution is -2.41. The topological polar surface area (TPSA) is 122 Å². The minimum absolute atomic E-state index is 0.00391. The van der Waals surface area contributed by atoms with Crippen LogP contribution in [-0.4, -0.2) is 53.3 Å². The zero-order valence-corrected chi connectivity index (χ0v) is 22.2. The second kappa shape index (κ2) is 11.3. The average molecular weight is 544 g/mol. The zero-order chi connectivity index (χ0) is 25.8. The van der Waals surface area contributed by atoms with Gasteiger partial charge in [0.2, 0.25) is 26.0 Å². The number of sulfonamides is 2. The first-order valence-corrected chi connectivity index (χ1v) is 14.6. The highest BCUT2D eigenvalue weighted by Crippen LogP contribution is 2.30. The van der Waals surface area contributed by atoms with Crippen LogP contribution in [0.15, 0.2) is 47.4 Å². The number of anilines is 1. The molecule has 0 aliphatic carbocycles. The van der Waals surface area contributed by atoms with E-state index in [1.807, 2.05) is 0 Å². The maximum atomic E-state index is 12.9. The molecule has 2 N–H and O–H groups in total. The molecule has 0 saturated carbocycles. The molecule has 1 saturated heterocycles. The molecule has 192 valence electrons. The normalized spacial score (nSPS) is 15.8. The first-order chi connectivity index (χ1) is 16.4.